The largest absolute Gasteiger partial charge is 0.493 e. The lowest BCUT2D eigenvalue weighted by molar-refractivity contribution is 0.276. The van der Waals surface area contributed by atoms with Crippen LogP contribution in [0.1, 0.15) is 89.2 Å². The Bertz CT molecular complexity index is 499. The highest BCUT2D eigenvalue weighted by atomic mass is 16.5. The summed E-state index contributed by atoms with van der Waals surface area (Å²) in [7, 11) is 5.93. The Labute approximate surface area is 168 Å². The van der Waals surface area contributed by atoms with Crippen molar-refractivity contribution >= 4 is 0 Å². The van der Waals surface area contributed by atoms with Crippen molar-refractivity contribution in [2.45, 2.75) is 91.0 Å². The third-order valence-electron chi connectivity index (χ3n) is 5.05. The third-order valence-corrected chi connectivity index (χ3v) is 5.05. The van der Waals surface area contributed by atoms with Gasteiger partial charge >= 0.3 is 0 Å². The van der Waals surface area contributed by atoms with E-state index >= 15 is 0 Å². The summed E-state index contributed by atoms with van der Waals surface area (Å²) in [6.45, 7) is 6.11. The zero-order chi connectivity index (χ0) is 19.9. The lowest BCUT2D eigenvalue weighted by atomic mass is 10.1. The van der Waals surface area contributed by atoms with Crippen molar-refractivity contribution in [3.8, 4) is 11.5 Å². The van der Waals surface area contributed by atoms with E-state index in [0.717, 1.165) is 37.5 Å². The first-order chi connectivity index (χ1) is 13.1. The molecule has 0 bridgehead atoms. The molecule has 0 aliphatic heterocycles. The van der Waals surface area contributed by atoms with E-state index in [1.807, 2.05) is 0 Å². The minimum Gasteiger partial charge on any atom is -0.493 e. The second-order valence-corrected chi connectivity index (χ2v) is 7.91. The van der Waals surface area contributed by atoms with Gasteiger partial charge in [0.25, 0.3) is 0 Å². The van der Waals surface area contributed by atoms with E-state index in [1.54, 1.807) is 7.11 Å². The van der Waals surface area contributed by atoms with Crippen LogP contribution in [-0.2, 0) is 13.0 Å². The van der Waals surface area contributed by atoms with Crippen LogP contribution < -0.4 is 9.47 Å². The molecule has 0 atom stereocenters. The lowest BCUT2D eigenvalue weighted by Crippen LogP contribution is -2.13. The van der Waals surface area contributed by atoms with Crippen LogP contribution in [-0.4, -0.2) is 32.7 Å². The number of hydrogen-bond acceptors (Lipinski definition) is 3. The van der Waals surface area contributed by atoms with Gasteiger partial charge in [-0.05, 0) is 38.6 Å². The summed E-state index contributed by atoms with van der Waals surface area (Å²) in [6, 6.07) is 4.38. The highest BCUT2D eigenvalue weighted by molar-refractivity contribution is 5.49. The number of methoxy groups -OCH3 is 1. The van der Waals surface area contributed by atoms with E-state index in [4.69, 9.17) is 9.47 Å². The van der Waals surface area contributed by atoms with Gasteiger partial charge < -0.3 is 14.4 Å². The average Bonchev–Trinajstić information content (AvgIpc) is 2.66. The Morgan fingerprint density at radius 2 is 1.41 bits per heavy atom. The summed E-state index contributed by atoms with van der Waals surface area (Å²) in [5, 5.41) is 0. The van der Waals surface area contributed by atoms with Crippen molar-refractivity contribution < 1.29 is 9.47 Å². The van der Waals surface area contributed by atoms with E-state index in [0.29, 0.717) is 0 Å². The molecule has 156 valence electrons. The van der Waals surface area contributed by atoms with Crippen LogP contribution in [0.25, 0.3) is 0 Å². The van der Waals surface area contributed by atoms with Gasteiger partial charge in [-0.15, -0.1) is 0 Å². The molecule has 0 N–H and O–H groups in total. The fraction of sp³-hybridized carbons (Fsp3) is 0.750. The average molecular weight is 378 g/mol. The molecule has 0 aromatic heterocycles. The van der Waals surface area contributed by atoms with Gasteiger partial charge in [-0.25, -0.2) is 0 Å². The Hall–Kier alpha value is -1.22. The molecule has 1 aromatic carbocycles. The molecule has 0 spiro atoms. The number of hydrogen-bond donors (Lipinski definition) is 0. The first-order valence-corrected chi connectivity index (χ1v) is 11.1. The Balaban J connectivity index is 2.36. The van der Waals surface area contributed by atoms with Gasteiger partial charge in [0.05, 0.1) is 13.7 Å². The Morgan fingerprint density at radius 1 is 0.815 bits per heavy atom. The molecule has 0 aliphatic carbocycles. The normalized spacial score (nSPS) is 11.2. The molecular weight excluding hydrogens is 334 g/mol. The molecule has 0 radical (unpaired) electrons. The van der Waals surface area contributed by atoms with E-state index < -0.39 is 0 Å². The number of nitrogens with zero attached hydrogens (tertiary/aromatic N) is 1. The SMILES string of the molecule is CCCCCCCCCCCCOc1c(CN(C)C)cc(CC)cc1OC. The Kier molecular flexibility index (Phi) is 13.0. The summed E-state index contributed by atoms with van der Waals surface area (Å²) in [6.07, 6.45) is 14.4. The summed E-state index contributed by atoms with van der Waals surface area (Å²) in [5.74, 6) is 1.80. The smallest absolute Gasteiger partial charge is 0.165 e. The predicted octanol–water partition coefficient (Wildman–Crippen LogP) is 6.62. The highest BCUT2D eigenvalue weighted by Crippen LogP contribution is 2.34. The summed E-state index contributed by atoms with van der Waals surface area (Å²) < 4.78 is 11.8. The van der Waals surface area contributed by atoms with Crippen LogP contribution >= 0.6 is 0 Å². The van der Waals surface area contributed by atoms with Gasteiger partial charge in [-0.2, -0.15) is 0 Å². The van der Waals surface area contributed by atoms with Gasteiger partial charge in [0.1, 0.15) is 0 Å². The van der Waals surface area contributed by atoms with Crippen LogP contribution in [0.3, 0.4) is 0 Å². The number of unbranched alkanes of at least 4 members (excludes halogenated alkanes) is 9. The van der Waals surface area contributed by atoms with Crippen LogP contribution in [0, 0.1) is 0 Å². The quantitative estimate of drug-likeness (QED) is 0.302. The van der Waals surface area contributed by atoms with Crippen molar-refractivity contribution in [2.24, 2.45) is 0 Å². The van der Waals surface area contributed by atoms with Crippen LogP contribution in [0.2, 0.25) is 0 Å². The number of aryl methyl sites for hydroxylation is 1. The standard InChI is InChI=1S/C24H43NO2/c1-6-8-9-10-11-12-13-14-15-16-17-27-24-22(20-25(3)4)18-21(7-2)19-23(24)26-5/h18-19H,6-17,20H2,1-5H3. The van der Waals surface area contributed by atoms with E-state index in [9.17, 15) is 0 Å². The van der Waals surface area contributed by atoms with Gasteiger partial charge in [0.2, 0.25) is 0 Å². The molecule has 0 saturated heterocycles. The van der Waals surface area contributed by atoms with Crippen LogP contribution in [0.15, 0.2) is 12.1 Å². The van der Waals surface area contributed by atoms with Crippen molar-refractivity contribution in [1.29, 1.82) is 0 Å². The Morgan fingerprint density at radius 3 is 1.93 bits per heavy atom. The molecule has 0 amide bonds. The predicted molar refractivity (Wildman–Crippen MR) is 117 cm³/mol. The maximum absolute atomic E-state index is 6.18. The second-order valence-electron chi connectivity index (χ2n) is 7.91. The summed E-state index contributed by atoms with van der Waals surface area (Å²) in [5.41, 5.74) is 2.53. The molecule has 3 nitrogen and oxygen atoms in total. The number of rotatable bonds is 16. The maximum atomic E-state index is 6.18. The minimum atomic E-state index is 0.777. The minimum absolute atomic E-state index is 0.777. The fourth-order valence-electron chi connectivity index (χ4n) is 3.46. The van der Waals surface area contributed by atoms with Crippen LogP contribution in [0.4, 0.5) is 0 Å². The van der Waals surface area contributed by atoms with E-state index in [1.165, 1.54) is 68.9 Å². The molecule has 1 rings (SSSR count). The zero-order valence-electron chi connectivity index (χ0n) is 18.6. The summed E-state index contributed by atoms with van der Waals surface area (Å²) in [4.78, 5) is 2.18. The molecule has 0 aliphatic rings. The van der Waals surface area contributed by atoms with Crippen molar-refractivity contribution in [3.05, 3.63) is 23.3 Å². The lowest BCUT2D eigenvalue weighted by Gasteiger charge is -2.19. The van der Waals surface area contributed by atoms with Gasteiger partial charge in [-0.3, -0.25) is 0 Å². The zero-order valence-corrected chi connectivity index (χ0v) is 18.6. The molecule has 0 unspecified atom stereocenters. The summed E-state index contributed by atoms with van der Waals surface area (Å²) >= 11 is 0. The number of benzene rings is 1. The molecule has 3 heteroatoms. The maximum Gasteiger partial charge on any atom is 0.165 e. The molecule has 1 aromatic rings. The monoisotopic (exact) mass is 377 g/mol. The van der Waals surface area contributed by atoms with Gasteiger partial charge in [0, 0.05) is 12.1 Å². The second kappa shape index (κ2) is 14.8. The van der Waals surface area contributed by atoms with Crippen LogP contribution in [0.5, 0.6) is 11.5 Å². The van der Waals surface area contributed by atoms with Crippen molar-refractivity contribution in [2.75, 3.05) is 27.8 Å². The highest BCUT2D eigenvalue weighted by Gasteiger charge is 2.13. The van der Waals surface area contributed by atoms with Gasteiger partial charge in [-0.1, -0.05) is 77.7 Å². The molecule has 27 heavy (non-hydrogen) atoms. The first kappa shape index (κ1) is 23.8. The third kappa shape index (κ3) is 10.0. The fourth-order valence-corrected chi connectivity index (χ4v) is 3.46. The molecule has 0 fully saturated rings. The van der Waals surface area contributed by atoms with Gasteiger partial charge in [0.15, 0.2) is 11.5 Å². The van der Waals surface area contributed by atoms with Crippen molar-refractivity contribution in [3.63, 3.8) is 0 Å². The molecular formula is C24H43NO2. The van der Waals surface area contributed by atoms with Crippen molar-refractivity contribution in [1.82, 2.24) is 4.90 Å². The number of ether oxygens (including phenoxy) is 2. The topological polar surface area (TPSA) is 21.7 Å². The van der Waals surface area contributed by atoms with E-state index in [-0.39, 0.29) is 0 Å². The molecule has 0 heterocycles. The first-order valence-electron chi connectivity index (χ1n) is 11.1. The van der Waals surface area contributed by atoms with E-state index in [2.05, 4.69) is 45.0 Å². The molecule has 0 saturated carbocycles.